The van der Waals surface area contributed by atoms with Gasteiger partial charge < -0.3 is 10.6 Å². The van der Waals surface area contributed by atoms with E-state index in [4.69, 9.17) is 0 Å². The molecular weight excluding hydrogens is 288 g/mol. The molecule has 1 aromatic carbocycles. The number of aryl methyl sites for hydroxylation is 1. The predicted octanol–water partition coefficient (Wildman–Crippen LogP) is 3.45. The van der Waals surface area contributed by atoms with Gasteiger partial charge in [-0.25, -0.2) is 0 Å². The molecular formula is C19H30N2O2. The molecule has 0 radical (unpaired) electrons. The van der Waals surface area contributed by atoms with Crippen molar-refractivity contribution in [3.8, 4) is 0 Å². The number of hydrogen-bond donors (Lipinski definition) is 2. The maximum atomic E-state index is 12.2. The number of unbranched alkanes of at least 4 members (excludes halogenated alkanes) is 1. The van der Waals surface area contributed by atoms with Gasteiger partial charge in [-0.05, 0) is 38.3 Å². The largest absolute Gasteiger partial charge is 0.354 e. The normalized spacial score (nSPS) is 13.2. The highest BCUT2D eigenvalue weighted by Gasteiger charge is 2.17. The fourth-order valence-electron chi connectivity index (χ4n) is 2.47. The van der Waals surface area contributed by atoms with Crippen LogP contribution in [0.3, 0.4) is 0 Å². The fraction of sp³-hybridized carbons (Fsp3) is 0.579. The number of rotatable bonds is 9. The zero-order valence-electron chi connectivity index (χ0n) is 14.8. The van der Waals surface area contributed by atoms with Crippen LogP contribution in [0.15, 0.2) is 24.3 Å². The first kappa shape index (κ1) is 19.2. The van der Waals surface area contributed by atoms with Crippen molar-refractivity contribution in [2.24, 2.45) is 5.92 Å². The van der Waals surface area contributed by atoms with E-state index in [-0.39, 0.29) is 11.8 Å². The summed E-state index contributed by atoms with van der Waals surface area (Å²) in [7, 11) is 0. The first-order valence-corrected chi connectivity index (χ1v) is 8.63. The van der Waals surface area contributed by atoms with E-state index in [2.05, 4.69) is 24.5 Å². The van der Waals surface area contributed by atoms with Crippen LogP contribution in [0.2, 0.25) is 0 Å². The van der Waals surface area contributed by atoms with E-state index >= 15 is 0 Å². The van der Waals surface area contributed by atoms with Crippen LogP contribution in [0.4, 0.5) is 0 Å². The molecule has 0 aliphatic rings. The number of benzene rings is 1. The zero-order valence-corrected chi connectivity index (χ0v) is 14.8. The molecule has 0 heterocycles. The summed E-state index contributed by atoms with van der Waals surface area (Å²) in [5.41, 5.74) is 1.61. The third-order valence-corrected chi connectivity index (χ3v) is 4.13. The second kappa shape index (κ2) is 10.0. The van der Waals surface area contributed by atoms with Crippen LogP contribution in [0, 0.1) is 12.8 Å². The lowest BCUT2D eigenvalue weighted by atomic mass is 9.99. The van der Waals surface area contributed by atoms with Crippen molar-refractivity contribution in [2.45, 2.75) is 59.4 Å². The summed E-state index contributed by atoms with van der Waals surface area (Å²) in [6, 6.07) is 6.82. The molecule has 0 bridgehead atoms. The minimum atomic E-state index is -0.535. The molecule has 128 valence electrons. The highest BCUT2D eigenvalue weighted by molar-refractivity contribution is 5.97. The summed E-state index contributed by atoms with van der Waals surface area (Å²) in [6.07, 6.45) is 4.56. The van der Waals surface area contributed by atoms with Gasteiger partial charge in [0.1, 0.15) is 6.04 Å². The van der Waals surface area contributed by atoms with E-state index in [0.717, 1.165) is 18.4 Å². The van der Waals surface area contributed by atoms with Crippen molar-refractivity contribution in [3.05, 3.63) is 35.4 Å². The van der Waals surface area contributed by atoms with Gasteiger partial charge in [0.15, 0.2) is 0 Å². The molecule has 1 aromatic rings. The molecule has 4 heteroatoms. The Morgan fingerprint density at radius 1 is 1.22 bits per heavy atom. The summed E-state index contributed by atoms with van der Waals surface area (Å²) in [5.74, 6) is 0.175. The van der Waals surface area contributed by atoms with Gasteiger partial charge in [-0.15, -0.1) is 0 Å². The van der Waals surface area contributed by atoms with E-state index < -0.39 is 6.04 Å². The van der Waals surface area contributed by atoms with Gasteiger partial charge in [0.05, 0.1) is 0 Å². The van der Waals surface area contributed by atoms with Crippen LogP contribution in [-0.2, 0) is 4.79 Å². The first-order valence-electron chi connectivity index (χ1n) is 8.63. The van der Waals surface area contributed by atoms with Crippen molar-refractivity contribution >= 4 is 11.8 Å². The Balaban J connectivity index is 2.45. The van der Waals surface area contributed by atoms with E-state index in [0.29, 0.717) is 18.0 Å². The van der Waals surface area contributed by atoms with Gasteiger partial charge in [0.2, 0.25) is 5.91 Å². The third kappa shape index (κ3) is 6.85. The Labute approximate surface area is 140 Å². The molecule has 2 atom stereocenters. The smallest absolute Gasteiger partial charge is 0.251 e. The Morgan fingerprint density at radius 2 is 1.96 bits per heavy atom. The van der Waals surface area contributed by atoms with E-state index in [1.807, 2.05) is 25.1 Å². The average Bonchev–Trinajstić information content (AvgIpc) is 2.54. The summed E-state index contributed by atoms with van der Waals surface area (Å²) in [4.78, 5) is 24.3. The molecule has 0 saturated heterocycles. The van der Waals surface area contributed by atoms with E-state index in [9.17, 15) is 9.59 Å². The minimum absolute atomic E-state index is 0.124. The Bertz CT molecular complexity index is 514. The van der Waals surface area contributed by atoms with Crippen LogP contribution in [0.25, 0.3) is 0 Å². The first-order chi connectivity index (χ1) is 11.0. The second-order valence-electron chi connectivity index (χ2n) is 6.23. The number of amides is 2. The van der Waals surface area contributed by atoms with Crippen LogP contribution < -0.4 is 10.6 Å². The summed E-state index contributed by atoms with van der Waals surface area (Å²) in [5, 5.41) is 5.71. The molecule has 0 aliphatic heterocycles. The topological polar surface area (TPSA) is 58.2 Å². The van der Waals surface area contributed by atoms with Crippen molar-refractivity contribution in [1.29, 1.82) is 0 Å². The molecule has 4 nitrogen and oxygen atoms in total. The lowest BCUT2D eigenvalue weighted by Gasteiger charge is -2.18. The average molecular weight is 318 g/mol. The van der Waals surface area contributed by atoms with Crippen molar-refractivity contribution < 1.29 is 9.59 Å². The number of nitrogens with one attached hydrogen (secondary N) is 2. The second-order valence-corrected chi connectivity index (χ2v) is 6.23. The van der Waals surface area contributed by atoms with Crippen molar-refractivity contribution in [1.82, 2.24) is 10.6 Å². The van der Waals surface area contributed by atoms with Gasteiger partial charge in [-0.3, -0.25) is 9.59 Å². The quantitative estimate of drug-likeness (QED) is 0.732. The van der Waals surface area contributed by atoms with E-state index in [1.165, 1.54) is 12.8 Å². The predicted molar refractivity (Wildman–Crippen MR) is 94.4 cm³/mol. The van der Waals surface area contributed by atoms with Gasteiger partial charge in [-0.2, -0.15) is 0 Å². The van der Waals surface area contributed by atoms with Crippen molar-refractivity contribution in [3.63, 3.8) is 0 Å². The highest BCUT2D eigenvalue weighted by Crippen LogP contribution is 2.11. The standard InChI is InChI=1S/C19H30N2O2/c1-5-7-10-16(6-2)13-20-18(22)15(4)21-19(23)17-11-8-9-14(3)12-17/h8-9,11-12,15-16H,5-7,10,13H2,1-4H3,(H,20,22)(H,21,23). The Morgan fingerprint density at radius 3 is 2.57 bits per heavy atom. The molecule has 0 aromatic heterocycles. The molecule has 0 aliphatic carbocycles. The third-order valence-electron chi connectivity index (χ3n) is 4.13. The fourth-order valence-corrected chi connectivity index (χ4v) is 2.47. The lowest BCUT2D eigenvalue weighted by Crippen LogP contribution is -2.46. The number of carbonyl (C=O) groups excluding carboxylic acids is 2. The van der Waals surface area contributed by atoms with Gasteiger partial charge in [0, 0.05) is 12.1 Å². The molecule has 2 N–H and O–H groups in total. The van der Waals surface area contributed by atoms with Gasteiger partial charge in [0.25, 0.3) is 5.91 Å². The molecule has 1 rings (SSSR count). The maximum Gasteiger partial charge on any atom is 0.251 e. The molecule has 2 unspecified atom stereocenters. The zero-order chi connectivity index (χ0) is 17.2. The highest BCUT2D eigenvalue weighted by atomic mass is 16.2. The van der Waals surface area contributed by atoms with Crippen LogP contribution in [-0.4, -0.2) is 24.4 Å². The minimum Gasteiger partial charge on any atom is -0.354 e. The van der Waals surface area contributed by atoms with Gasteiger partial charge in [-0.1, -0.05) is 50.8 Å². The van der Waals surface area contributed by atoms with Crippen LogP contribution in [0.1, 0.15) is 62.4 Å². The summed E-state index contributed by atoms with van der Waals surface area (Å²) in [6.45, 7) is 8.66. The SMILES string of the molecule is CCCCC(CC)CNC(=O)C(C)NC(=O)c1cccc(C)c1. The maximum absolute atomic E-state index is 12.2. The summed E-state index contributed by atoms with van der Waals surface area (Å²) < 4.78 is 0. The molecule has 0 saturated carbocycles. The Kier molecular flexibility index (Phi) is 8.38. The monoisotopic (exact) mass is 318 g/mol. The number of carbonyl (C=O) groups is 2. The molecule has 23 heavy (non-hydrogen) atoms. The molecule has 2 amide bonds. The Hall–Kier alpha value is -1.84. The molecule has 0 spiro atoms. The van der Waals surface area contributed by atoms with Crippen LogP contribution >= 0.6 is 0 Å². The number of hydrogen-bond acceptors (Lipinski definition) is 2. The lowest BCUT2D eigenvalue weighted by molar-refractivity contribution is -0.122. The van der Waals surface area contributed by atoms with Crippen LogP contribution in [0.5, 0.6) is 0 Å². The molecule has 0 fully saturated rings. The summed E-state index contributed by atoms with van der Waals surface area (Å²) >= 11 is 0. The van der Waals surface area contributed by atoms with E-state index in [1.54, 1.807) is 13.0 Å². The van der Waals surface area contributed by atoms with Crippen molar-refractivity contribution in [2.75, 3.05) is 6.54 Å². The van der Waals surface area contributed by atoms with Gasteiger partial charge >= 0.3 is 0 Å².